The Morgan fingerprint density at radius 2 is 1.88 bits per heavy atom. The highest BCUT2D eigenvalue weighted by atomic mass is 16.5. The Balaban J connectivity index is 1.24. The van der Waals surface area contributed by atoms with Crippen LogP contribution in [0.5, 0.6) is 5.75 Å². The Hall–Kier alpha value is -3.23. The number of methoxy groups -OCH3 is 1. The third-order valence-electron chi connectivity index (χ3n) is 6.59. The van der Waals surface area contributed by atoms with Gasteiger partial charge in [0.25, 0.3) is 5.91 Å². The van der Waals surface area contributed by atoms with Crippen LogP contribution in [0.3, 0.4) is 0 Å². The van der Waals surface area contributed by atoms with Gasteiger partial charge in [-0.3, -0.25) is 14.7 Å². The molecule has 172 valence electrons. The standard InChI is InChI=1S/C25H29N5O3/c1-32-21-4-2-19(3-5-21)16-28-23(31)22-18-30-15-12-27-24(30)25(33-22)8-13-29(14-9-25)17-20-6-10-26-11-7-20/h2-7,10-12,15,22H,8-9,13-14,16-18H2,1H3,(H,28,31). The fraction of sp³-hybridized carbons (Fsp3) is 0.400. The monoisotopic (exact) mass is 447 g/mol. The summed E-state index contributed by atoms with van der Waals surface area (Å²) in [4.78, 5) is 24.2. The zero-order chi connectivity index (χ0) is 22.7. The van der Waals surface area contributed by atoms with Gasteiger partial charge in [-0.1, -0.05) is 12.1 Å². The number of nitrogens with one attached hydrogen (secondary N) is 1. The molecule has 3 aromatic rings. The Morgan fingerprint density at radius 1 is 1.12 bits per heavy atom. The van der Waals surface area contributed by atoms with Gasteiger partial charge in [-0.15, -0.1) is 0 Å². The molecule has 8 nitrogen and oxygen atoms in total. The van der Waals surface area contributed by atoms with Gasteiger partial charge in [0.1, 0.15) is 17.2 Å². The number of pyridine rings is 1. The predicted molar refractivity (Wildman–Crippen MR) is 122 cm³/mol. The molecule has 2 aromatic heterocycles. The average Bonchev–Trinajstić information content (AvgIpc) is 3.35. The van der Waals surface area contributed by atoms with Crippen LogP contribution < -0.4 is 10.1 Å². The Bertz CT molecular complexity index is 1070. The first-order valence-corrected chi connectivity index (χ1v) is 11.4. The highest BCUT2D eigenvalue weighted by Gasteiger charge is 2.47. The number of nitrogens with zero attached hydrogens (tertiary/aromatic N) is 4. The Morgan fingerprint density at radius 3 is 2.61 bits per heavy atom. The van der Waals surface area contributed by atoms with Gasteiger partial charge in [0.05, 0.1) is 13.7 Å². The molecule has 1 aromatic carbocycles. The van der Waals surface area contributed by atoms with Crippen molar-refractivity contribution in [2.24, 2.45) is 0 Å². The number of aromatic nitrogens is 3. The third kappa shape index (κ3) is 4.62. The first-order chi connectivity index (χ1) is 16.1. The van der Waals surface area contributed by atoms with Crippen LogP contribution in [0.25, 0.3) is 0 Å². The first kappa shape index (κ1) is 21.6. The van der Waals surface area contributed by atoms with Gasteiger partial charge in [-0.05, 0) is 48.2 Å². The molecule has 1 spiro atoms. The van der Waals surface area contributed by atoms with E-state index in [2.05, 4.69) is 36.9 Å². The number of carbonyl (C=O) groups is 1. The summed E-state index contributed by atoms with van der Waals surface area (Å²) in [6, 6.07) is 11.8. The molecule has 1 unspecified atom stereocenters. The second-order valence-electron chi connectivity index (χ2n) is 8.70. The highest BCUT2D eigenvalue weighted by molar-refractivity contribution is 5.81. The van der Waals surface area contributed by atoms with Crippen LogP contribution in [0, 0.1) is 0 Å². The molecule has 8 heteroatoms. The second kappa shape index (κ2) is 9.33. The largest absolute Gasteiger partial charge is 0.497 e. The van der Waals surface area contributed by atoms with Crippen molar-refractivity contribution in [1.82, 2.24) is 24.8 Å². The molecular weight excluding hydrogens is 418 g/mol. The van der Waals surface area contributed by atoms with E-state index in [0.717, 1.165) is 49.6 Å². The number of imidazole rings is 1. The van der Waals surface area contributed by atoms with Gasteiger partial charge in [0.2, 0.25) is 0 Å². The summed E-state index contributed by atoms with van der Waals surface area (Å²) in [6.07, 6.45) is 8.48. The fourth-order valence-electron chi connectivity index (χ4n) is 4.74. The van der Waals surface area contributed by atoms with Crippen molar-refractivity contribution >= 4 is 5.91 Å². The number of hydrogen-bond donors (Lipinski definition) is 1. The maximum atomic E-state index is 13.0. The molecule has 2 aliphatic rings. The van der Waals surface area contributed by atoms with E-state index in [4.69, 9.17) is 9.47 Å². The average molecular weight is 448 g/mol. The molecule has 1 saturated heterocycles. The van der Waals surface area contributed by atoms with E-state index < -0.39 is 11.7 Å². The van der Waals surface area contributed by atoms with Crippen LogP contribution >= 0.6 is 0 Å². The van der Waals surface area contributed by atoms with Crippen LogP contribution in [-0.4, -0.2) is 51.6 Å². The zero-order valence-electron chi connectivity index (χ0n) is 18.8. The van der Waals surface area contributed by atoms with E-state index in [-0.39, 0.29) is 5.91 Å². The molecule has 2 aliphatic heterocycles. The van der Waals surface area contributed by atoms with Crippen LogP contribution in [0.4, 0.5) is 0 Å². The third-order valence-corrected chi connectivity index (χ3v) is 6.59. The summed E-state index contributed by atoms with van der Waals surface area (Å²) in [5.74, 6) is 1.64. The number of hydrogen-bond acceptors (Lipinski definition) is 6. The van der Waals surface area contributed by atoms with Gasteiger partial charge >= 0.3 is 0 Å². The van der Waals surface area contributed by atoms with E-state index in [1.165, 1.54) is 5.56 Å². The van der Waals surface area contributed by atoms with Crippen molar-refractivity contribution in [2.75, 3.05) is 20.2 Å². The van der Waals surface area contributed by atoms with Crippen molar-refractivity contribution < 1.29 is 14.3 Å². The lowest BCUT2D eigenvalue weighted by Gasteiger charge is -2.45. The number of amides is 1. The summed E-state index contributed by atoms with van der Waals surface area (Å²) in [6.45, 7) is 3.59. The number of piperidine rings is 1. The minimum atomic E-state index is -0.545. The molecule has 1 fully saturated rings. The molecule has 0 bridgehead atoms. The molecule has 4 heterocycles. The van der Waals surface area contributed by atoms with Crippen molar-refractivity contribution in [3.63, 3.8) is 0 Å². The van der Waals surface area contributed by atoms with E-state index in [0.29, 0.717) is 13.1 Å². The SMILES string of the molecule is COc1ccc(CNC(=O)C2Cn3ccnc3C3(CCN(Cc4ccncc4)CC3)O2)cc1. The van der Waals surface area contributed by atoms with Gasteiger partial charge < -0.3 is 19.4 Å². The number of likely N-dealkylation sites (tertiary alicyclic amines) is 1. The molecular formula is C25H29N5O3. The summed E-state index contributed by atoms with van der Waals surface area (Å²) in [5.41, 5.74) is 1.74. The first-order valence-electron chi connectivity index (χ1n) is 11.4. The van der Waals surface area contributed by atoms with E-state index in [1.807, 2.05) is 42.9 Å². The van der Waals surface area contributed by atoms with E-state index in [9.17, 15) is 4.79 Å². The molecule has 5 rings (SSSR count). The molecule has 0 aliphatic carbocycles. The minimum absolute atomic E-state index is 0.0937. The predicted octanol–water partition coefficient (Wildman–Crippen LogP) is 2.49. The van der Waals surface area contributed by atoms with Gasteiger partial charge in [-0.2, -0.15) is 0 Å². The number of ether oxygens (including phenoxy) is 2. The maximum absolute atomic E-state index is 13.0. The summed E-state index contributed by atoms with van der Waals surface area (Å²) in [5, 5.41) is 3.04. The zero-order valence-corrected chi connectivity index (χ0v) is 18.8. The van der Waals surface area contributed by atoms with E-state index >= 15 is 0 Å². The number of fused-ring (bicyclic) bond motifs is 2. The van der Waals surface area contributed by atoms with Crippen molar-refractivity contribution in [3.8, 4) is 5.75 Å². The van der Waals surface area contributed by atoms with Crippen molar-refractivity contribution in [3.05, 3.63) is 78.1 Å². The summed E-state index contributed by atoms with van der Waals surface area (Å²) in [7, 11) is 1.64. The van der Waals surface area contributed by atoms with Crippen LogP contribution in [0.15, 0.2) is 61.2 Å². The summed E-state index contributed by atoms with van der Waals surface area (Å²) < 4.78 is 13.8. The van der Waals surface area contributed by atoms with Crippen LogP contribution in [0.1, 0.15) is 29.8 Å². The number of carbonyl (C=O) groups excluding carboxylic acids is 1. The topological polar surface area (TPSA) is 81.5 Å². The van der Waals surface area contributed by atoms with E-state index in [1.54, 1.807) is 13.3 Å². The lowest BCUT2D eigenvalue weighted by molar-refractivity contribution is -0.174. The summed E-state index contributed by atoms with van der Waals surface area (Å²) >= 11 is 0. The molecule has 33 heavy (non-hydrogen) atoms. The Kier molecular flexibility index (Phi) is 6.11. The van der Waals surface area contributed by atoms with Gasteiger partial charge in [-0.25, -0.2) is 4.98 Å². The molecule has 0 radical (unpaired) electrons. The van der Waals surface area contributed by atoms with Crippen molar-refractivity contribution in [2.45, 2.75) is 44.2 Å². The molecule has 1 amide bonds. The number of benzene rings is 1. The molecule has 1 N–H and O–H groups in total. The van der Waals surface area contributed by atoms with Crippen molar-refractivity contribution in [1.29, 1.82) is 0 Å². The molecule has 1 atom stereocenters. The lowest BCUT2D eigenvalue weighted by atomic mass is 9.88. The van der Waals surface area contributed by atoms with Gasteiger partial charge in [0, 0.05) is 51.0 Å². The number of rotatable bonds is 6. The normalized spacial score (nSPS) is 19.7. The minimum Gasteiger partial charge on any atom is -0.497 e. The quantitative estimate of drug-likeness (QED) is 0.625. The highest BCUT2D eigenvalue weighted by Crippen LogP contribution is 2.40. The molecule has 0 saturated carbocycles. The maximum Gasteiger partial charge on any atom is 0.251 e. The second-order valence-corrected chi connectivity index (χ2v) is 8.70. The smallest absolute Gasteiger partial charge is 0.251 e. The lowest BCUT2D eigenvalue weighted by Crippen LogP contribution is -2.53. The van der Waals surface area contributed by atoms with Crippen LogP contribution in [-0.2, 0) is 34.8 Å². The van der Waals surface area contributed by atoms with Gasteiger partial charge in [0.15, 0.2) is 6.10 Å². The fourth-order valence-corrected chi connectivity index (χ4v) is 4.74. The Labute approximate surface area is 193 Å². The van der Waals surface area contributed by atoms with Crippen LogP contribution in [0.2, 0.25) is 0 Å².